The molecule has 0 spiro atoms. The number of imide groups is 1. The maximum Gasteiger partial charge on any atom is 0.265 e. The van der Waals surface area contributed by atoms with E-state index in [9.17, 15) is 9.59 Å². The molecule has 25 heavy (non-hydrogen) atoms. The lowest BCUT2D eigenvalue weighted by Crippen LogP contribution is -2.35. The summed E-state index contributed by atoms with van der Waals surface area (Å²) in [5.74, 6) is -0.738. The van der Waals surface area contributed by atoms with E-state index < -0.39 is 0 Å². The van der Waals surface area contributed by atoms with Gasteiger partial charge in [-0.1, -0.05) is 66.7 Å². The van der Waals surface area contributed by atoms with Crippen LogP contribution >= 0.6 is 0 Å². The van der Waals surface area contributed by atoms with Gasteiger partial charge in [-0.15, -0.1) is 0 Å². The van der Waals surface area contributed by atoms with Crippen molar-refractivity contribution >= 4 is 23.6 Å². The van der Waals surface area contributed by atoms with Crippen LogP contribution in [0.2, 0.25) is 0 Å². The molecule has 0 aliphatic rings. The molecule has 0 unspecified atom stereocenters. The highest BCUT2D eigenvalue weighted by molar-refractivity contribution is 6.24. The lowest BCUT2D eigenvalue weighted by atomic mass is 10.1. The number of nitrogens with zero attached hydrogens (tertiary/aromatic N) is 1. The van der Waals surface area contributed by atoms with Crippen LogP contribution < -0.4 is 4.90 Å². The fourth-order valence-electron chi connectivity index (χ4n) is 2.44. The predicted molar refractivity (Wildman–Crippen MR) is 100 cm³/mol. The maximum absolute atomic E-state index is 12.9. The second kappa shape index (κ2) is 7.88. The zero-order chi connectivity index (χ0) is 17.5. The van der Waals surface area contributed by atoms with Crippen LogP contribution in [0.3, 0.4) is 0 Å². The molecule has 3 nitrogen and oxygen atoms in total. The van der Waals surface area contributed by atoms with Crippen molar-refractivity contribution in [3.63, 3.8) is 0 Å². The summed E-state index contributed by atoms with van der Waals surface area (Å²) >= 11 is 0. The highest BCUT2D eigenvalue weighted by Gasteiger charge is 2.22. The Morgan fingerprint density at radius 1 is 0.680 bits per heavy atom. The molecule has 0 N–H and O–H groups in total. The molecule has 0 aliphatic heterocycles. The number of carbonyl (C=O) groups is 2. The van der Waals surface area contributed by atoms with E-state index in [-0.39, 0.29) is 11.8 Å². The molecule has 0 aliphatic carbocycles. The fourth-order valence-corrected chi connectivity index (χ4v) is 2.44. The average Bonchev–Trinajstić information content (AvgIpc) is 2.69. The number of carbonyl (C=O) groups excluding carboxylic acids is 2. The molecule has 0 aromatic heterocycles. The van der Waals surface area contributed by atoms with Gasteiger partial charge in [0.25, 0.3) is 11.8 Å². The van der Waals surface area contributed by atoms with Crippen LogP contribution in [0, 0.1) is 0 Å². The normalized spacial score (nSPS) is 10.6. The molecule has 122 valence electrons. The van der Waals surface area contributed by atoms with E-state index in [2.05, 4.69) is 0 Å². The third-order valence-corrected chi connectivity index (χ3v) is 3.68. The number of rotatable bonds is 4. The van der Waals surface area contributed by atoms with Crippen molar-refractivity contribution in [1.82, 2.24) is 0 Å². The van der Waals surface area contributed by atoms with Crippen LogP contribution in [0.5, 0.6) is 0 Å². The average molecular weight is 327 g/mol. The van der Waals surface area contributed by atoms with Gasteiger partial charge in [0.1, 0.15) is 0 Å². The first-order valence-corrected chi connectivity index (χ1v) is 7.97. The second-order valence-electron chi connectivity index (χ2n) is 5.42. The fraction of sp³-hybridized carbons (Fsp3) is 0. The molecule has 2 amide bonds. The van der Waals surface area contributed by atoms with E-state index in [1.54, 1.807) is 54.6 Å². The van der Waals surface area contributed by atoms with E-state index in [1.165, 1.54) is 11.0 Å². The third kappa shape index (κ3) is 4.09. The first-order valence-electron chi connectivity index (χ1n) is 7.97. The van der Waals surface area contributed by atoms with Crippen LogP contribution in [-0.2, 0) is 4.79 Å². The molecule has 0 fully saturated rings. The van der Waals surface area contributed by atoms with Crippen LogP contribution in [0.4, 0.5) is 5.69 Å². The van der Waals surface area contributed by atoms with Gasteiger partial charge in [0.05, 0.1) is 5.69 Å². The molecular weight excluding hydrogens is 310 g/mol. The van der Waals surface area contributed by atoms with E-state index in [1.807, 2.05) is 42.5 Å². The number of benzene rings is 3. The molecule has 3 rings (SSSR count). The third-order valence-electron chi connectivity index (χ3n) is 3.68. The Balaban J connectivity index is 1.93. The quantitative estimate of drug-likeness (QED) is 0.658. The Morgan fingerprint density at radius 2 is 1.20 bits per heavy atom. The second-order valence-corrected chi connectivity index (χ2v) is 5.42. The smallest absolute Gasteiger partial charge is 0.265 e. The summed E-state index contributed by atoms with van der Waals surface area (Å²) in [5, 5.41) is 0. The molecule has 0 radical (unpaired) electrons. The largest absolute Gasteiger partial charge is 0.269 e. The van der Waals surface area contributed by atoms with Gasteiger partial charge in [-0.05, 0) is 35.9 Å². The molecular formula is C22H17NO2. The van der Waals surface area contributed by atoms with Crippen molar-refractivity contribution < 1.29 is 9.59 Å². The van der Waals surface area contributed by atoms with Crippen LogP contribution in [0.15, 0.2) is 97.1 Å². The Hall–Kier alpha value is -3.46. The van der Waals surface area contributed by atoms with E-state index >= 15 is 0 Å². The summed E-state index contributed by atoms with van der Waals surface area (Å²) < 4.78 is 0. The SMILES string of the molecule is O=C(/C=C/c1ccccc1)N(C(=O)c1ccccc1)c1ccccc1. The minimum absolute atomic E-state index is 0.352. The summed E-state index contributed by atoms with van der Waals surface area (Å²) in [4.78, 5) is 26.8. The summed E-state index contributed by atoms with van der Waals surface area (Å²) in [5.41, 5.74) is 1.91. The van der Waals surface area contributed by atoms with Gasteiger partial charge in [0, 0.05) is 11.6 Å². The van der Waals surface area contributed by atoms with Crippen molar-refractivity contribution in [1.29, 1.82) is 0 Å². The Kier molecular flexibility index (Phi) is 5.17. The van der Waals surface area contributed by atoms with E-state index in [0.717, 1.165) is 5.56 Å². The van der Waals surface area contributed by atoms with Gasteiger partial charge >= 0.3 is 0 Å². The van der Waals surface area contributed by atoms with Gasteiger partial charge in [-0.2, -0.15) is 0 Å². The lowest BCUT2D eigenvalue weighted by Gasteiger charge is -2.19. The van der Waals surface area contributed by atoms with Gasteiger partial charge in [-0.3, -0.25) is 9.59 Å². The maximum atomic E-state index is 12.9. The molecule has 3 aromatic rings. The minimum atomic E-state index is -0.385. The standard InChI is InChI=1S/C22H17NO2/c24-21(17-16-18-10-4-1-5-11-18)23(20-14-8-3-9-15-20)22(25)19-12-6-2-7-13-19/h1-17H/b17-16+. The van der Waals surface area contributed by atoms with Gasteiger partial charge < -0.3 is 0 Å². The zero-order valence-corrected chi connectivity index (χ0v) is 13.6. The summed E-state index contributed by atoms with van der Waals surface area (Å²) in [6.45, 7) is 0. The zero-order valence-electron chi connectivity index (χ0n) is 13.6. The van der Waals surface area contributed by atoms with Crippen molar-refractivity contribution in [2.24, 2.45) is 0 Å². The summed E-state index contributed by atoms with van der Waals surface area (Å²) in [6, 6.07) is 27.2. The highest BCUT2D eigenvalue weighted by atomic mass is 16.2. The first kappa shape index (κ1) is 16.4. The molecule has 3 aromatic carbocycles. The number of para-hydroxylation sites is 1. The Bertz CT molecular complexity index is 872. The highest BCUT2D eigenvalue weighted by Crippen LogP contribution is 2.18. The topological polar surface area (TPSA) is 37.4 Å². The molecule has 0 saturated carbocycles. The van der Waals surface area contributed by atoms with Gasteiger partial charge in [0.2, 0.25) is 0 Å². The molecule has 0 saturated heterocycles. The van der Waals surface area contributed by atoms with Crippen molar-refractivity contribution in [3.8, 4) is 0 Å². The monoisotopic (exact) mass is 327 g/mol. The van der Waals surface area contributed by atoms with Gasteiger partial charge in [0.15, 0.2) is 0 Å². The molecule has 0 bridgehead atoms. The van der Waals surface area contributed by atoms with E-state index in [4.69, 9.17) is 0 Å². The Labute approximate surface area is 146 Å². The van der Waals surface area contributed by atoms with Gasteiger partial charge in [-0.25, -0.2) is 4.90 Å². The first-order chi connectivity index (χ1) is 12.3. The molecule has 0 atom stereocenters. The Morgan fingerprint density at radius 3 is 1.80 bits per heavy atom. The predicted octanol–water partition coefficient (Wildman–Crippen LogP) is 4.57. The van der Waals surface area contributed by atoms with E-state index in [0.29, 0.717) is 11.3 Å². The molecule has 0 heterocycles. The number of hydrogen-bond donors (Lipinski definition) is 0. The molecule has 3 heteroatoms. The van der Waals surface area contributed by atoms with Crippen molar-refractivity contribution in [2.75, 3.05) is 4.90 Å². The summed E-state index contributed by atoms with van der Waals surface area (Å²) in [7, 11) is 0. The van der Waals surface area contributed by atoms with Crippen LogP contribution in [0.25, 0.3) is 6.08 Å². The van der Waals surface area contributed by atoms with Crippen LogP contribution in [-0.4, -0.2) is 11.8 Å². The number of amides is 2. The lowest BCUT2D eigenvalue weighted by molar-refractivity contribution is -0.113. The minimum Gasteiger partial charge on any atom is -0.269 e. The van der Waals surface area contributed by atoms with Crippen molar-refractivity contribution in [3.05, 3.63) is 108 Å². The number of hydrogen-bond acceptors (Lipinski definition) is 2. The van der Waals surface area contributed by atoms with Crippen LogP contribution in [0.1, 0.15) is 15.9 Å². The van der Waals surface area contributed by atoms with Crippen molar-refractivity contribution in [2.45, 2.75) is 0 Å². The number of anilines is 1. The summed E-state index contributed by atoms with van der Waals surface area (Å²) in [6.07, 6.45) is 3.12.